The van der Waals surface area contributed by atoms with Crippen molar-refractivity contribution in [3.05, 3.63) is 59.9 Å². The van der Waals surface area contributed by atoms with E-state index in [2.05, 4.69) is 22.4 Å². The van der Waals surface area contributed by atoms with Gasteiger partial charge in [-0.25, -0.2) is 0 Å². The highest BCUT2D eigenvalue weighted by molar-refractivity contribution is 5.45. The molecule has 0 saturated carbocycles. The van der Waals surface area contributed by atoms with Crippen molar-refractivity contribution in [1.82, 2.24) is 4.98 Å². The van der Waals surface area contributed by atoms with Crippen LogP contribution in [0.2, 0.25) is 0 Å². The summed E-state index contributed by atoms with van der Waals surface area (Å²) in [5.74, 6) is 0. The van der Waals surface area contributed by atoms with Crippen molar-refractivity contribution in [2.45, 2.75) is 25.8 Å². The van der Waals surface area contributed by atoms with Crippen LogP contribution in [0.4, 0.5) is 5.69 Å². The van der Waals surface area contributed by atoms with Crippen molar-refractivity contribution in [2.75, 3.05) is 11.9 Å². The van der Waals surface area contributed by atoms with Crippen LogP contribution < -0.4 is 5.32 Å². The van der Waals surface area contributed by atoms with Crippen LogP contribution in [0.1, 0.15) is 30.1 Å². The van der Waals surface area contributed by atoms with Crippen LogP contribution in [-0.2, 0) is 0 Å². The average molecular weight is 256 g/mol. The van der Waals surface area contributed by atoms with E-state index in [1.54, 1.807) is 0 Å². The minimum Gasteiger partial charge on any atom is -0.396 e. The topological polar surface area (TPSA) is 45.1 Å². The van der Waals surface area contributed by atoms with Crippen LogP contribution >= 0.6 is 0 Å². The van der Waals surface area contributed by atoms with Gasteiger partial charge in [0.05, 0.1) is 6.04 Å². The third-order valence-electron chi connectivity index (χ3n) is 3.09. The summed E-state index contributed by atoms with van der Waals surface area (Å²) in [5.41, 5.74) is 3.31. The van der Waals surface area contributed by atoms with Gasteiger partial charge in [0.25, 0.3) is 0 Å². The number of hydrogen-bond donors (Lipinski definition) is 2. The molecule has 3 nitrogen and oxygen atoms in total. The Morgan fingerprint density at radius 1 is 1.21 bits per heavy atom. The highest BCUT2D eigenvalue weighted by Crippen LogP contribution is 2.23. The summed E-state index contributed by atoms with van der Waals surface area (Å²) in [7, 11) is 0. The molecule has 0 amide bonds. The molecular formula is C16H20N2O. The molecule has 3 heteroatoms. The largest absolute Gasteiger partial charge is 0.396 e. The lowest BCUT2D eigenvalue weighted by atomic mass is 10.0. The van der Waals surface area contributed by atoms with Gasteiger partial charge in [0.2, 0.25) is 0 Å². The lowest BCUT2D eigenvalue weighted by Gasteiger charge is -2.20. The molecule has 0 saturated heterocycles. The van der Waals surface area contributed by atoms with E-state index in [4.69, 9.17) is 5.11 Å². The van der Waals surface area contributed by atoms with Crippen molar-refractivity contribution >= 4 is 5.69 Å². The molecule has 1 unspecified atom stereocenters. The van der Waals surface area contributed by atoms with Gasteiger partial charge in [0, 0.05) is 24.2 Å². The second-order valence-electron chi connectivity index (χ2n) is 4.66. The molecule has 0 radical (unpaired) electrons. The van der Waals surface area contributed by atoms with Gasteiger partial charge in [-0.1, -0.05) is 30.3 Å². The number of aliphatic hydroxyl groups excluding tert-OH is 1. The Kier molecular flexibility index (Phi) is 4.93. The van der Waals surface area contributed by atoms with Gasteiger partial charge in [-0.2, -0.15) is 0 Å². The molecule has 19 heavy (non-hydrogen) atoms. The summed E-state index contributed by atoms with van der Waals surface area (Å²) >= 11 is 0. The molecule has 2 rings (SSSR count). The van der Waals surface area contributed by atoms with Gasteiger partial charge in [0.1, 0.15) is 0 Å². The second-order valence-corrected chi connectivity index (χ2v) is 4.66. The van der Waals surface area contributed by atoms with Crippen molar-refractivity contribution in [2.24, 2.45) is 0 Å². The van der Waals surface area contributed by atoms with E-state index >= 15 is 0 Å². The summed E-state index contributed by atoms with van der Waals surface area (Å²) in [5, 5.41) is 12.6. The maximum absolute atomic E-state index is 9.03. The molecular weight excluding hydrogens is 236 g/mol. The van der Waals surface area contributed by atoms with E-state index < -0.39 is 0 Å². The third kappa shape index (κ3) is 4.07. The average Bonchev–Trinajstić information content (AvgIpc) is 2.44. The Morgan fingerprint density at radius 3 is 2.68 bits per heavy atom. The molecule has 0 aliphatic carbocycles. The summed E-state index contributed by atoms with van der Waals surface area (Å²) in [6.07, 6.45) is 3.50. The Morgan fingerprint density at radius 2 is 2.00 bits per heavy atom. The first-order valence-electron chi connectivity index (χ1n) is 6.64. The molecule has 1 aromatic heterocycles. The number of rotatable bonds is 6. The van der Waals surface area contributed by atoms with Crippen LogP contribution in [0.25, 0.3) is 0 Å². The summed E-state index contributed by atoms with van der Waals surface area (Å²) in [4.78, 5) is 4.20. The SMILES string of the molecule is Cc1cc(NC(CCCO)c2ccccc2)ccn1. The first kappa shape index (κ1) is 13.6. The fraction of sp³-hybridized carbons (Fsp3) is 0.312. The van der Waals surface area contributed by atoms with E-state index in [-0.39, 0.29) is 12.6 Å². The molecule has 0 aliphatic heterocycles. The number of pyridine rings is 1. The molecule has 2 N–H and O–H groups in total. The summed E-state index contributed by atoms with van der Waals surface area (Å²) in [6, 6.07) is 14.6. The predicted molar refractivity (Wildman–Crippen MR) is 78.1 cm³/mol. The van der Waals surface area contributed by atoms with E-state index in [9.17, 15) is 0 Å². The zero-order chi connectivity index (χ0) is 13.5. The summed E-state index contributed by atoms with van der Waals surface area (Å²) < 4.78 is 0. The third-order valence-corrected chi connectivity index (χ3v) is 3.09. The standard InChI is InChI=1S/C16H20N2O/c1-13-12-15(9-10-17-13)18-16(8-5-11-19)14-6-3-2-4-7-14/h2-4,6-7,9-10,12,16,19H,5,8,11H2,1H3,(H,17,18). The van der Waals surface area contributed by atoms with Crippen LogP contribution in [0.5, 0.6) is 0 Å². The van der Waals surface area contributed by atoms with Crippen LogP contribution in [0.3, 0.4) is 0 Å². The minimum absolute atomic E-state index is 0.218. The normalized spacial score (nSPS) is 12.1. The number of nitrogens with zero attached hydrogens (tertiary/aromatic N) is 1. The van der Waals surface area contributed by atoms with Crippen molar-refractivity contribution < 1.29 is 5.11 Å². The van der Waals surface area contributed by atoms with E-state index in [0.717, 1.165) is 24.2 Å². The predicted octanol–water partition coefficient (Wildman–Crippen LogP) is 3.32. The van der Waals surface area contributed by atoms with Crippen LogP contribution in [0, 0.1) is 6.92 Å². The molecule has 2 aromatic rings. The maximum Gasteiger partial charge on any atom is 0.0514 e. The Bertz CT molecular complexity index is 499. The van der Waals surface area contributed by atoms with Gasteiger partial charge < -0.3 is 10.4 Å². The number of hydrogen-bond acceptors (Lipinski definition) is 3. The molecule has 1 atom stereocenters. The number of benzene rings is 1. The minimum atomic E-state index is 0.218. The first-order valence-corrected chi connectivity index (χ1v) is 6.64. The molecule has 0 spiro atoms. The van der Waals surface area contributed by atoms with Gasteiger partial charge in [-0.3, -0.25) is 4.98 Å². The lowest BCUT2D eigenvalue weighted by molar-refractivity contribution is 0.281. The Balaban J connectivity index is 2.14. The fourth-order valence-electron chi connectivity index (χ4n) is 2.14. The highest BCUT2D eigenvalue weighted by Gasteiger charge is 2.10. The van der Waals surface area contributed by atoms with Crippen LogP contribution in [-0.4, -0.2) is 16.7 Å². The monoisotopic (exact) mass is 256 g/mol. The molecule has 100 valence electrons. The van der Waals surface area contributed by atoms with Crippen LogP contribution in [0.15, 0.2) is 48.7 Å². The zero-order valence-electron chi connectivity index (χ0n) is 11.2. The molecule has 1 heterocycles. The van der Waals surface area contributed by atoms with Crippen molar-refractivity contribution in [1.29, 1.82) is 0 Å². The quantitative estimate of drug-likeness (QED) is 0.833. The van der Waals surface area contributed by atoms with E-state index in [1.165, 1.54) is 5.56 Å². The number of aliphatic hydroxyl groups is 1. The molecule has 0 fully saturated rings. The number of aryl methyl sites for hydroxylation is 1. The highest BCUT2D eigenvalue weighted by atomic mass is 16.2. The second kappa shape index (κ2) is 6.90. The maximum atomic E-state index is 9.03. The summed E-state index contributed by atoms with van der Waals surface area (Å²) in [6.45, 7) is 2.21. The molecule has 0 aliphatic rings. The Hall–Kier alpha value is -1.87. The number of nitrogens with one attached hydrogen (secondary N) is 1. The Labute approximate surface area is 114 Å². The smallest absolute Gasteiger partial charge is 0.0514 e. The lowest BCUT2D eigenvalue weighted by Crippen LogP contribution is -2.11. The fourth-order valence-corrected chi connectivity index (χ4v) is 2.14. The van der Waals surface area contributed by atoms with Crippen molar-refractivity contribution in [3.8, 4) is 0 Å². The van der Waals surface area contributed by atoms with Gasteiger partial charge in [-0.15, -0.1) is 0 Å². The van der Waals surface area contributed by atoms with E-state index in [0.29, 0.717) is 0 Å². The number of anilines is 1. The van der Waals surface area contributed by atoms with E-state index in [1.807, 2.05) is 43.5 Å². The zero-order valence-corrected chi connectivity index (χ0v) is 11.2. The molecule has 0 bridgehead atoms. The van der Waals surface area contributed by atoms with Crippen molar-refractivity contribution in [3.63, 3.8) is 0 Å². The first-order chi connectivity index (χ1) is 9.29. The van der Waals surface area contributed by atoms with Gasteiger partial charge in [0.15, 0.2) is 0 Å². The molecule has 1 aromatic carbocycles. The number of aromatic nitrogens is 1. The van der Waals surface area contributed by atoms with Gasteiger partial charge in [-0.05, 0) is 37.5 Å². The van der Waals surface area contributed by atoms with Gasteiger partial charge >= 0.3 is 0 Å².